The van der Waals surface area contributed by atoms with Crippen molar-refractivity contribution in [3.8, 4) is 5.75 Å². The van der Waals surface area contributed by atoms with Crippen LogP contribution in [0.25, 0.3) is 0 Å². The quantitative estimate of drug-likeness (QED) is 0.836. The van der Waals surface area contributed by atoms with Gasteiger partial charge >= 0.3 is 0 Å². The van der Waals surface area contributed by atoms with Crippen LogP contribution in [0.3, 0.4) is 0 Å². The van der Waals surface area contributed by atoms with Crippen LogP contribution in [0.5, 0.6) is 5.75 Å². The standard InChI is InChI=1S/C13H18N2O2/c1-9-3-4-10(7-12(9)17-2)13(16)15-6-5-11(14)8-15/h3-4,7,11H,5-6,8,14H2,1-2H3. The highest BCUT2D eigenvalue weighted by Gasteiger charge is 2.24. The fourth-order valence-electron chi connectivity index (χ4n) is 2.11. The first kappa shape index (κ1) is 11.9. The zero-order valence-electron chi connectivity index (χ0n) is 10.3. The number of amides is 1. The normalized spacial score (nSPS) is 19.5. The van der Waals surface area contributed by atoms with Crippen molar-refractivity contribution in [1.29, 1.82) is 0 Å². The van der Waals surface area contributed by atoms with Crippen molar-refractivity contribution in [2.75, 3.05) is 20.2 Å². The summed E-state index contributed by atoms with van der Waals surface area (Å²) in [4.78, 5) is 14.0. The van der Waals surface area contributed by atoms with E-state index in [0.717, 1.165) is 24.3 Å². The Morgan fingerprint density at radius 1 is 1.53 bits per heavy atom. The maximum atomic E-state index is 12.2. The molecular formula is C13H18N2O2. The van der Waals surface area contributed by atoms with Gasteiger partial charge in [-0.1, -0.05) is 6.07 Å². The highest BCUT2D eigenvalue weighted by atomic mass is 16.5. The van der Waals surface area contributed by atoms with E-state index in [-0.39, 0.29) is 11.9 Å². The molecule has 92 valence electrons. The van der Waals surface area contributed by atoms with Crippen molar-refractivity contribution in [2.24, 2.45) is 5.73 Å². The van der Waals surface area contributed by atoms with Crippen molar-refractivity contribution < 1.29 is 9.53 Å². The molecule has 17 heavy (non-hydrogen) atoms. The summed E-state index contributed by atoms with van der Waals surface area (Å²) >= 11 is 0. The van der Waals surface area contributed by atoms with Crippen molar-refractivity contribution in [3.63, 3.8) is 0 Å². The second-order valence-electron chi connectivity index (χ2n) is 4.48. The van der Waals surface area contributed by atoms with E-state index in [2.05, 4.69) is 0 Å². The van der Waals surface area contributed by atoms with Crippen LogP contribution >= 0.6 is 0 Å². The third-order valence-electron chi connectivity index (χ3n) is 3.17. The molecule has 1 aliphatic rings. The molecule has 1 fully saturated rings. The third kappa shape index (κ3) is 2.42. The van der Waals surface area contributed by atoms with Crippen LogP contribution in [-0.4, -0.2) is 37.0 Å². The lowest BCUT2D eigenvalue weighted by molar-refractivity contribution is 0.0790. The summed E-state index contributed by atoms with van der Waals surface area (Å²) in [6.45, 7) is 3.35. The van der Waals surface area contributed by atoms with Gasteiger partial charge in [0.25, 0.3) is 5.91 Å². The first-order chi connectivity index (χ1) is 8.11. The number of nitrogens with zero attached hydrogens (tertiary/aromatic N) is 1. The lowest BCUT2D eigenvalue weighted by Gasteiger charge is -2.16. The number of rotatable bonds is 2. The van der Waals surface area contributed by atoms with Crippen molar-refractivity contribution in [2.45, 2.75) is 19.4 Å². The van der Waals surface area contributed by atoms with Crippen molar-refractivity contribution in [3.05, 3.63) is 29.3 Å². The van der Waals surface area contributed by atoms with Crippen LogP contribution in [0.4, 0.5) is 0 Å². The summed E-state index contributed by atoms with van der Waals surface area (Å²) in [6, 6.07) is 5.65. The van der Waals surface area contributed by atoms with Gasteiger partial charge in [-0.2, -0.15) is 0 Å². The Hall–Kier alpha value is -1.55. The molecule has 1 unspecified atom stereocenters. The summed E-state index contributed by atoms with van der Waals surface area (Å²) in [7, 11) is 1.61. The number of aryl methyl sites for hydroxylation is 1. The summed E-state index contributed by atoms with van der Waals surface area (Å²) in [5.41, 5.74) is 7.50. The van der Waals surface area contributed by atoms with E-state index in [9.17, 15) is 4.79 Å². The number of benzene rings is 1. The molecule has 4 nitrogen and oxygen atoms in total. The smallest absolute Gasteiger partial charge is 0.254 e. The lowest BCUT2D eigenvalue weighted by Crippen LogP contribution is -2.31. The van der Waals surface area contributed by atoms with Gasteiger partial charge in [0.05, 0.1) is 7.11 Å². The Bertz CT molecular complexity index is 431. The number of hydrogen-bond acceptors (Lipinski definition) is 3. The fourth-order valence-corrected chi connectivity index (χ4v) is 2.11. The Morgan fingerprint density at radius 3 is 2.88 bits per heavy atom. The topological polar surface area (TPSA) is 55.6 Å². The molecule has 1 heterocycles. The summed E-state index contributed by atoms with van der Waals surface area (Å²) < 4.78 is 5.22. The Morgan fingerprint density at radius 2 is 2.29 bits per heavy atom. The summed E-state index contributed by atoms with van der Waals surface area (Å²) in [5, 5.41) is 0. The van der Waals surface area contributed by atoms with Crippen LogP contribution in [0.1, 0.15) is 22.3 Å². The van der Waals surface area contributed by atoms with Crippen LogP contribution in [0, 0.1) is 6.92 Å². The minimum Gasteiger partial charge on any atom is -0.496 e. The summed E-state index contributed by atoms with van der Waals surface area (Å²) in [5.74, 6) is 0.788. The first-order valence-corrected chi connectivity index (χ1v) is 5.81. The van der Waals surface area contributed by atoms with Gasteiger partial charge < -0.3 is 15.4 Å². The molecule has 4 heteroatoms. The average Bonchev–Trinajstić information content (AvgIpc) is 2.75. The molecule has 0 aliphatic carbocycles. The highest BCUT2D eigenvalue weighted by Crippen LogP contribution is 2.21. The van der Waals surface area contributed by atoms with Crippen molar-refractivity contribution in [1.82, 2.24) is 4.90 Å². The van der Waals surface area contributed by atoms with Crippen LogP contribution in [0.15, 0.2) is 18.2 Å². The zero-order chi connectivity index (χ0) is 12.4. The Kier molecular flexibility index (Phi) is 3.33. The second-order valence-corrected chi connectivity index (χ2v) is 4.48. The average molecular weight is 234 g/mol. The molecule has 1 aromatic carbocycles. The number of ether oxygens (including phenoxy) is 1. The van der Waals surface area contributed by atoms with E-state index in [1.54, 1.807) is 18.1 Å². The Balaban J connectivity index is 2.19. The second kappa shape index (κ2) is 4.75. The van der Waals surface area contributed by atoms with Gasteiger partial charge in [-0.25, -0.2) is 0 Å². The number of hydrogen-bond donors (Lipinski definition) is 1. The fraction of sp³-hybridized carbons (Fsp3) is 0.462. The maximum absolute atomic E-state index is 12.2. The number of nitrogens with two attached hydrogens (primary N) is 1. The molecule has 0 aromatic heterocycles. The number of methoxy groups -OCH3 is 1. The van der Waals surface area contributed by atoms with Crippen LogP contribution in [-0.2, 0) is 0 Å². The van der Waals surface area contributed by atoms with E-state index in [0.29, 0.717) is 12.1 Å². The van der Waals surface area contributed by atoms with Gasteiger partial charge in [-0.05, 0) is 31.0 Å². The Labute approximate surface area is 101 Å². The minimum atomic E-state index is 0.0382. The van der Waals surface area contributed by atoms with Gasteiger partial charge in [0.2, 0.25) is 0 Å². The van der Waals surface area contributed by atoms with E-state index in [4.69, 9.17) is 10.5 Å². The van der Waals surface area contributed by atoms with Crippen molar-refractivity contribution >= 4 is 5.91 Å². The number of likely N-dealkylation sites (tertiary alicyclic amines) is 1. The van der Waals surface area contributed by atoms with Crippen LogP contribution < -0.4 is 10.5 Å². The molecular weight excluding hydrogens is 216 g/mol. The maximum Gasteiger partial charge on any atom is 0.254 e. The lowest BCUT2D eigenvalue weighted by atomic mass is 10.1. The summed E-state index contributed by atoms with van der Waals surface area (Å²) in [6.07, 6.45) is 0.884. The molecule has 1 aromatic rings. The SMILES string of the molecule is COc1cc(C(=O)N2CCC(N)C2)ccc1C. The predicted octanol–water partition coefficient (Wildman–Crippen LogP) is 1.18. The molecule has 0 bridgehead atoms. The molecule has 1 amide bonds. The molecule has 1 aliphatic heterocycles. The van der Waals surface area contributed by atoms with Gasteiger partial charge in [-0.15, -0.1) is 0 Å². The van der Waals surface area contributed by atoms with Gasteiger partial charge in [0, 0.05) is 24.7 Å². The molecule has 2 N–H and O–H groups in total. The first-order valence-electron chi connectivity index (χ1n) is 5.81. The molecule has 0 saturated carbocycles. The van der Waals surface area contributed by atoms with Gasteiger partial charge in [-0.3, -0.25) is 4.79 Å². The van der Waals surface area contributed by atoms with E-state index < -0.39 is 0 Å². The molecule has 1 saturated heterocycles. The van der Waals surface area contributed by atoms with E-state index in [1.165, 1.54) is 0 Å². The highest BCUT2D eigenvalue weighted by molar-refractivity contribution is 5.95. The predicted molar refractivity (Wildman–Crippen MR) is 66.2 cm³/mol. The molecule has 0 spiro atoms. The van der Waals surface area contributed by atoms with E-state index in [1.807, 2.05) is 19.1 Å². The minimum absolute atomic E-state index is 0.0382. The number of carbonyl (C=O) groups excluding carboxylic acids is 1. The van der Waals surface area contributed by atoms with E-state index >= 15 is 0 Å². The largest absolute Gasteiger partial charge is 0.496 e. The monoisotopic (exact) mass is 234 g/mol. The molecule has 0 radical (unpaired) electrons. The molecule has 2 rings (SSSR count). The van der Waals surface area contributed by atoms with Gasteiger partial charge in [0.1, 0.15) is 5.75 Å². The third-order valence-corrected chi connectivity index (χ3v) is 3.17. The number of carbonyl (C=O) groups is 1. The molecule has 1 atom stereocenters. The zero-order valence-corrected chi connectivity index (χ0v) is 10.3. The van der Waals surface area contributed by atoms with Crippen LogP contribution in [0.2, 0.25) is 0 Å². The van der Waals surface area contributed by atoms with Gasteiger partial charge in [0.15, 0.2) is 0 Å².